The Morgan fingerprint density at radius 1 is 1.29 bits per heavy atom. The van der Waals surface area contributed by atoms with E-state index in [-0.39, 0.29) is 11.4 Å². The monoisotopic (exact) mass is 353 g/mol. The molecule has 110 valence electrons. The average Bonchev–Trinajstić information content (AvgIpc) is 2.48. The molecule has 0 radical (unpaired) electrons. The van der Waals surface area contributed by atoms with Crippen LogP contribution in [-0.2, 0) is 0 Å². The lowest BCUT2D eigenvalue weighted by Gasteiger charge is -2.10. The molecule has 2 rings (SSSR count). The second-order valence-electron chi connectivity index (χ2n) is 4.15. The Bertz CT molecular complexity index is 635. The van der Waals surface area contributed by atoms with Gasteiger partial charge in [0.1, 0.15) is 16.2 Å². The van der Waals surface area contributed by atoms with Crippen molar-refractivity contribution in [2.24, 2.45) is 0 Å². The molecule has 6 nitrogen and oxygen atoms in total. The predicted octanol–water partition coefficient (Wildman–Crippen LogP) is 2.85. The molecule has 0 bridgehead atoms. The largest absolute Gasteiger partial charge is 0.369 e. The van der Waals surface area contributed by atoms with Crippen LogP contribution in [0, 0.1) is 5.82 Å². The minimum absolute atomic E-state index is 0.119. The number of halogens is 2. The highest BCUT2D eigenvalue weighted by molar-refractivity contribution is 9.10. The van der Waals surface area contributed by atoms with Crippen molar-refractivity contribution in [3.8, 4) is 0 Å². The van der Waals surface area contributed by atoms with Gasteiger partial charge in [-0.3, -0.25) is 4.79 Å². The van der Waals surface area contributed by atoms with Gasteiger partial charge >= 0.3 is 0 Å². The number of pyridine rings is 1. The first kappa shape index (κ1) is 15.3. The van der Waals surface area contributed by atoms with E-state index in [0.717, 1.165) is 18.7 Å². The van der Waals surface area contributed by atoms with Crippen LogP contribution >= 0.6 is 15.9 Å². The van der Waals surface area contributed by atoms with E-state index < -0.39 is 11.7 Å². The number of carbonyl (C=O) groups excluding carboxylic acids is 1. The van der Waals surface area contributed by atoms with Crippen molar-refractivity contribution < 1.29 is 9.18 Å². The van der Waals surface area contributed by atoms with E-state index in [1.54, 1.807) is 0 Å². The Hall–Kier alpha value is -2.09. The highest BCUT2D eigenvalue weighted by atomic mass is 79.9. The van der Waals surface area contributed by atoms with E-state index in [1.165, 1.54) is 12.4 Å². The molecule has 0 aliphatic carbocycles. The van der Waals surface area contributed by atoms with E-state index in [0.29, 0.717) is 17.0 Å². The predicted molar refractivity (Wildman–Crippen MR) is 80.7 cm³/mol. The van der Waals surface area contributed by atoms with Crippen LogP contribution in [0.4, 0.5) is 16.0 Å². The molecule has 0 spiro atoms. The lowest BCUT2D eigenvalue weighted by molar-refractivity contribution is 0.102. The summed E-state index contributed by atoms with van der Waals surface area (Å²) in [6.07, 6.45) is 4.77. The zero-order chi connectivity index (χ0) is 15.2. The topological polar surface area (TPSA) is 79.8 Å². The third kappa shape index (κ3) is 4.19. The summed E-state index contributed by atoms with van der Waals surface area (Å²) in [5, 5.41) is 5.53. The van der Waals surface area contributed by atoms with Crippen LogP contribution in [0.3, 0.4) is 0 Å². The smallest absolute Gasteiger partial charge is 0.260 e. The lowest BCUT2D eigenvalue weighted by atomic mass is 10.2. The van der Waals surface area contributed by atoms with Crippen LogP contribution in [0.2, 0.25) is 0 Å². The summed E-state index contributed by atoms with van der Waals surface area (Å²) in [6, 6.07) is 1.13. The molecule has 0 saturated heterocycles. The van der Waals surface area contributed by atoms with Crippen molar-refractivity contribution in [3.05, 3.63) is 40.6 Å². The number of nitrogens with zero attached hydrogens (tertiary/aromatic N) is 3. The molecule has 0 aliphatic rings. The summed E-state index contributed by atoms with van der Waals surface area (Å²) in [4.78, 5) is 24.0. The summed E-state index contributed by atoms with van der Waals surface area (Å²) in [5.41, 5.74) is 0.119. The first-order valence-corrected chi connectivity index (χ1v) is 7.07. The molecule has 8 heteroatoms. The molecule has 0 aliphatic heterocycles. The van der Waals surface area contributed by atoms with Gasteiger partial charge in [0.05, 0.1) is 24.2 Å². The molecule has 1 amide bonds. The van der Waals surface area contributed by atoms with Gasteiger partial charge in [0, 0.05) is 6.54 Å². The van der Waals surface area contributed by atoms with Gasteiger partial charge in [-0.25, -0.2) is 19.3 Å². The Kier molecular flexibility index (Phi) is 5.15. The molecule has 0 saturated carbocycles. The molecular formula is C13H13BrFN5O. The number of rotatable bonds is 5. The molecule has 0 unspecified atom stereocenters. The number of amides is 1. The fourth-order valence-electron chi connectivity index (χ4n) is 1.56. The first-order valence-electron chi connectivity index (χ1n) is 6.28. The van der Waals surface area contributed by atoms with Crippen LogP contribution in [0.25, 0.3) is 0 Å². The van der Waals surface area contributed by atoms with Gasteiger partial charge in [0.25, 0.3) is 5.91 Å². The van der Waals surface area contributed by atoms with Crippen molar-refractivity contribution in [2.75, 3.05) is 17.2 Å². The third-order valence-electron chi connectivity index (χ3n) is 2.50. The second-order valence-corrected chi connectivity index (χ2v) is 4.97. The summed E-state index contributed by atoms with van der Waals surface area (Å²) in [7, 11) is 0. The van der Waals surface area contributed by atoms with Gasteiger partial charge in [-0.15, -0.1) is 0 Å². The van der Waals surface area contributed by atoms with Crippen molar-refractivity contribution in [1.82, 2.24) is 15.0 Å². The summed E-state index contributed by atoms with van der Waals surface area (Å²) in [5.74, 6) is -0.476. The number of anilines is 2. The van der Waals surface area contributed by atoms with Crippen LogP contribution in [0.15, 0.2) is 29.3 Å². The standard InChI is InChI=1S/C13H13BrFN5O/c1-2-3-16-12-9(4-8(15)5-19-12)13(21)20-11-7-17-10(14)6-18-11/h4-7H,2-3H2,1H3,(H,16,19)(H,18,20,21). The maximum Gasteiger partial charge on any atom is 0.260 e. The number of carbonyl (C=O) groups is 1. The molecule has 21 heavy (non-hydrogen) atoms. The Balaban J connectivity index is 2.20. The van der Waals surface area contributed by atoms with Gasteiger partial charge in [-0.1, -0.05) is 6.92 Å². The maximum atomic E-state index is 13.3. The molecule has 2 N–H and O–H groups in total. The van der Waals surface area contributed by atoms with E-state index >= 15 is 0 Å². The molecule has 0 atom stereocenters. The Morgan fingerprint density at radius 3 is 2.76 bits per heavy atom. The molecule has 2 aromatic heterocycles. The summed E-state index contributed by atoms with van der Waals surface area (Å²) < 4.78 is 13.9. The van der Waals surface area contributed by atoms with Crippen LogP contribution in [-0.4, -0.2) is 27.4 Å². The molecule has 2 heterocycles. The van der Waals surface area contributed by atoms with Gasteiger partial charge in [-0.05, 0) is 28.4 Å². The van der Waals surface area contributed by atoms with Crippen molar-refractivity contribution >= 4 is 33.5 Å². The highest BCUT2D eigenvalue weighted by Crippen LogP contribution is 2.16. The van der Waals surface area contributed by atoms with E-state index in [9.17, 15) is 9.18 Å². The van der Waals surface area contributed by atoms with Crippen LogP contribution in [0.5, 0.6) is 0 Å². The fraction of sp³-hybridized carbons (Fsp3) is 0.231. The molecular weight excluding hydrogens is 341 g/mol. The van der Waals surface area contributed by atoms with Crippen LogP contribution < -0.4 is 10.6 Å². The van der Waals surface area contributed by atoms with Crippen molar-refractivity contribution in [3.63, 3.8) is 0 Å². The van der Waals surface area contributed by atoms with E-state index in [1.807, 2.05) is 6.92 Å². The van der Waals surface area contributed by atoms with Gasteiger partial charge in [-0.2, -0.15) is 0 Å². The quantitative estimate of drug-likeness (QED) is 0.863. The zero-order valence-electron chi connectivity index (χ0n) is 11.2. The number of aromatic nitrogens is 3. The number of hydrogen-bond donors (Lipinski definition) is 2. The van der Waals surface area contributed by atoms with E-state index in [2.05, 4.69) is 41.5 Å². The molecule has 0 aromatic carbocycles. The molecule has 0 fully saturated rings. The van der Waals surface area contributed by atoms with Gasteiger partial charge in [0.15, 0.2) is 5.82 Å². The number of hydrogen-bond acceptors (Lipinski definition) is 5. The lowest BCUT2D eigenvalue weighted by Crippen LogP contribution is -2.17. The third-order valence-corrected chi connectivity index (χ3v) is 2.91. The van der Waals surface area contributed by atoms with Gasteiger partial charge < -0.3 is 10.6 Å². The minimum Gasteiger partial charge on any atom is -0.369 e. The summed E-state index contributed by atoms with van der Waals surface area (Å²) >= 11 is 3.15. The SMILES string of the molecule is CCCNc1ncc(F)cc1C(=O)Nc1cnc(Br)cn1. The van der Waals surface area contributed by atoms with Crippen molar-refractivity contribution in [1.29, 1.82) is 0 Å². The van der Waals surface area contributed by atoms with Gasteiger partial charge in [0.2, 0.25) is 0 Å². The summed E-state index contributed by atoms with van der Waals surface area (Å²) in [6.45, 7) is 2.62. The molecule has 2 aromatic rings. The fourth-order valence-corrected chi connectivity index (χ4v) is 1.76. The maximum absolute atomic E-state index is 13.3. The first-order chi connectivity index (χ1) is 10.1. The average molecular weight is 354 g/mol. The normalized spacial score (nSPS) is 10.2. The highest BCUT2D eigenvalue weighted by Gasteiger charge is 2.14. The Labute approximate surface area is 129 Å². The van der Waals surface area contributed by atoms with Crippen LogP contribution in [0.1, 0.15) is 23.7 Å². The Morgan fingerprint density at radius 2 is 2.10 bits per heavy atom. The zero-order valence-corrected chi connectivity index (χ0v) is 12.8. The van der Waals surface area contributed by atoms with E-state index in [4.69, 9.17) is 0 Å². The van der Waals surface area contributed by atoms with Crippen molar-refractivity contribution in [2.45, 2.75) is 13.3 Å². The minimum atomic E-state index is -0.580. The second kappa shape index (κ2) is 7.07. The number of nitrogens with one attached hydrogen (secondary N) is 2.